The summed E-state index contributed by atoms with van der Waals surface area (Å²) < 4.78 is 0. The fourth-order valence-corrected chi connectivity index (χ4v) is 2.58. The molecule has 1 aromatic carbocycles. The van der Waals surface area contributed by atoms with Gasteiger partial charge in [-0.25, -0.2) is 0 Å². The van der Waals surface area contributed by atoms with E-state index in [2.05, 4.69) is 20.5 Å². The van der Waals surface area contributed by atoms with Gasteiger partial charge in [0.05, 0.1) is 5.69 Å². The lowest BCUT2D eigenvalue weighted by atomic mass is 10.1. The van der Waals surface area contributed by atoms with Crippen LogP contribution < -0.4 is 5.32 Å². The van der Waals surface area contributed by atoms with E-state index >= 15 is 0 Å². The summed E-state index contributed by atoms with van der Waals surface area (Å²) in [7, 11) is 0. The smallest absolute Gasteiger partial charge is 0.254 e. The van der Waals surface area contributed by atoms with Crippen molar-refractivity contribution in [3.63, 3.8) is 0 Å². The van der Waals surface area contributed by atoms with Crippen LogP contribution in [-0.2, 0) is 11.2 Å². The van der Waals surface area contributed by atoms with E-state index in [1.165, 1.54) is 0 Å². The molecule has 0 bridgehead atoms. The molecule has 0 fully saturated rings. The molecule has 1 atom stereocenters. The topological polar surface area (TPSA) is 90.9 Å². The van der Waals surface area contributed by atoms with Crippen LogP contribution in [0.3, 0.4) is 0 Å². The Morgan fingerprint density at radius 2 is 1.92 bits per heavy atom. The predicted molar refractivity (Wildman–Crippen MR) is 96.3 cm³/mol. The Labute approximate surface area is 149 Å². The molecule has 7 heteroatoms. The van der Waals surface area contributed by atoms with Crippen LogP contribution in [0, 0.1) is 6.92 Å². The molecule has 3 rings (SSSR count). The molecule has 2 aromatic heterocycles. The molecular weight excluding hydrogens is 340 g/mol. The van der Waals surface area contributed by atoms with Gasteiger partial charge in [0.15, 0.2) is 0 Å². The molecule has 0 aliphatic rings. The van der Waals surface area contributed by atoms with Gasteiger partial charge in [-0.3, -0.25) is 14.9 Å². The molecule has 0 aliphatic carbocycles. The lowest BCUT2D eigenvalue weighted by Gasteiger charge is -2.11. The zero-order chi connectivity index (χ0) is 17.8. The zero-order valence-corrected chi connectivity index (χ0v) is 14.3. The maximum atomic E-state index is 12.2. The lowest BCUT2D eigenvalue weighted by molar-refractivity contribution is -0.123. The van der Waals surface area contributed by atoms with Crippen LogP contribution >= 0.6 is 11.6 Å². The molecule has 3 aromatic rings. The van der Waals surface area contributed by atoms with Gasteiger partial charge in [0, 0.05) is 35.0 Å². The number of hydrogen-bond donors (Lipinski definition) is 3. The summed E-state index contributed by atoms with van der Waals surface area (Å²) in [4.78, 5) is 16.2. The monoisotopic (exact) mass is 356 g/mol. The summed E-state index contributed by atoms with van der Waals surface area (Å²) >= 11 is 5.83. The maximum Gasteiger partial charge on any atom is 0.254 e. The van der Waals surface area contributed by atoms with Crippen LogP contribution in [0.25, 0.3) is 11.3 Å². The molecule has 128 valence electrons. The normalized spacial score (nSPS) is 12.0. The Morgan fingerprint density at radius 3 is 2.60 bits per heavy atom. The first-order valence-electron chi connectivity index (χ1n) is 7.73. The molecule has 0 saturated carbocycles. The Kier molecular flexibility index (Phi) is 5.11. The molecule has 0 radical (unpaired) electrons. The van der Waals surface area contributed by atoms with E-state index in [1.54, 1.807) is 36.7 Å². The fraction of sp³-hybridized carbons (Fsp3) is 0.167. The molecule has 0 saturated heterocycles. The Hall–Kier alpha value is -2.70. The lowest BCUT2D eigenvalue weighted by Crippen LogP contribution is -2.29. The summed E-state index contributed by atoms with van der Waals surface area (Å²) in [5.74, 6) is -0.0325. The summed E-state index contributed by atoms with van der Waals surface area (Å²) in [6.07, 6.45) is 2.39. The number of H-pyrrole nitrogens is 1. The van der Waals surface area contributed by atoms with Crippen LogP contribution in [0.2, 0.25) is 5.02 Å². The van der Waals surface area contributed by atoms with Crippen LogP contribution in [-0.4, -0.2) is 32.3 Å². The second kappa shape index (κ2) is 7.46. The summed E-state index contributed by atoms with van der Waals surface area (Å²) in [5.41, 5.74) is 3.24. The van der Waals surface area contributed by atoms with Gasteiger partial charge in [-0.05, 0) is 36.8 Å². The number of anilines is 1. The van der Waals surface area contributed by atoms with Gasteiger partial charge >= 0.3 is 0 Å². The SMILES string of the molecule is Cc1c(-c2ccncc2)n[nH]c1NC(=O)[C@H](O)Cc1ccc(Cl)cc1. The van der Waals surface area contributed by atoms with Crippen molar-refractivity contribution in [3.05, 3.63) is 64.9 Å². The number of rotatable bonds is 5. The summed E-state index contributed by atoms with van der Waals surface area (Å²) in [6.45, 7) is 1.85. The highest BCUT2D eigenvalue weighted by molar-refractivity contribution is 6.30. The van der Waals surface area contributed by atoms with Crippen molar-refractivity contribution in [2.24, 2.45) is 0 Å². The number of aliphatic hydroxyl groups is 1. The average Bonchev–Trinajstić information content (AvgIpc) is 2.98. The second-order valence-electron chi connectivity index (χ2n) is 5.64. The van der Waals surface area contributed by atoms with Gasteiger partial charge < -0.3 is 10.4 Å². The van der Waals surface area contributed by atoms with E-state index < -0.39 is 12.0 Å². The van der Waals surface area contributed by atoms with Crippen molar-refractivity contribution in [2.75, 3.05) is 5.32 Å². The van der Waals surface area contributed by atoms with E-state index in [0.717, 1.165) is 22.4 Å². The number of benzene rings is 1. The number of carbonyl (C=O) groups excluding carboxylic acids is 1. The van der Waals surface area contributed by atoms with Crippen LogP contribution in [0.4, 0.5) is 5.82 Å². The van der Waals surface area contributed by atoms with E-state index in [-0.39, 0.29) is 6.42 Å². The number of pyridine rings is 1. The van der Waals surface area contributed by atoms with Crippen molar-refractivity contribution in [1.82, 2.24) is 15.2 Å². The molecule has 3 N–H and O–H groups in total. The third-order valence-corrected chi connectivity index (χ3v) is 4.11. The number of hydrogen-bond acceptors (Lipinski definition) is 4. The quantitative estimate of drug-likeness (QED) is 0.655. The highest BCUT2D eigenvalue weighted by Gasteiger charge is 2.19. The van der Waals surface area contributed by atoms with Crippen molar-refractivity contribution in [3.8, 4) is 11.3 Å². The van der Waals surface area contributed by atoms with Crippen molar-refractivity contribution >= 4 is 23.3 Å². The van der Waals surface area contributed by atoms with E-state index in [9.17, 15) is 9.90 Å². The number of amides is 1. The van der Waals surface area contributed by atoms with Gasteiger partial charge in [0.1, 0.15) is 11.9 Å². The molecule has 25 heavy (non-hydrogen) atoms. The molecule has 1 amide bonds. The standard InChI is InChI=1S/C18H17ClN4O2/c1-11-16(13-6-8-20-9-7-13)22-23-17(11)21-18(25)15(24)10-12-2-4-14(19)5-3-12/h2-9,15,24H,10H2,1H3,(H2,21,22,23,25)/t15-/m1/s1. The maximum absolute atomic E-state index is 12.2. The molecule has 2 heterocycles. The molecule has 6 nitrogen and oxygen atoms in total. The molecule has 0 aliphatic heterocycles. The third kappa shape index (κ3) is 4.04. The Balaban J connectivity index is 1.68. The van der Waals surface area contributed by atoms with E-state index in [1.807, 2.05) is 19.1 Å². The van der Waals surface area contributed by atoms with Gasteiger partial charge in [-0.2, -0.15) is 5.10 Å². The number of aliphatic hydroxyl groups excluding tert-OH is 1. The first-order chi connectivity index (χ1) is 12.0. The van der Waals surface area contributed by atoms with E-state index in [4.69, 9.17) is 11.6 Å². The number of aromatic nitrogens is 3. The Bertz CT molecular complexity index is 863. The molecule has 0 unspecified atom stereocenters. The third-order valence-electron chi connectivity index (χ3n) is 3.86. The van der Waals surface area contributed by atoms with Crippen LogP contribution in [0.15, 0.2) is 48.8 Å². The second-order valence-corrected chi connectivity index (χ2v) is 6.08. The van der Waals surface area contributed by atoms with Crippen molar-refractivity contribution in [2.45, 2.75) is 19.4 Å². The largest absolute Gasteiger partial charge is 0.383 e. The van der Waals surface area contributed by atoms with Gasteiger partial charge in [-0.1, -0.05) is 23.7 Å². The number of halogens is 1. The number of carbonyl (C=O) groups is 1. The van der Waals surface area contributed by atoms with Crippen molar-refractivity contribution < 1.29 is 9.90 Å². The highest BCUT2D eigenvalue weighted by atomic mass is 35.5. The van der Waals surface area contributed by atoms with Gasteiger partial charge in [-0.15, -0.1) is 0 Å². The Morgan fingerprint density at radius 1 is 1.24 bits per heavy atom. The number of nitrogens with one attached hydrogen (secondary N) is 2. The van der Waals surface area contributed by atoms with E-state index in [0.29, 0.717) is 10.8 Å². The first kappa shape index (κ1) is 17.1. The number of aromatic amines is 1. The van der Waals surface area contributed by atoms with Crippen LogP contribution in [0.1, 0.15) is 11.1 Å². The summed E-state index contributed by atoms with van der Waals surface area (Å²) in [5, 5.41) is 20.4. The van der Waals surface area contributed by atoms with Gasteiger partial charge in [0.25, 0.3) is 5.91 Å². The van der Waals surface area contributed by atoms with Crippen molar-refractivity contribution in [1.29, 1.82) is 0 Å². The molecular formula is C18H17ClN4O2. The zero-order valence-electron chi connectivity index (χ0n) is 13.5. The average molecular weight is 357 g/mol. The fourth-order valence-electron chi connectivity index (χ4n) is 2.45. The van der Waals surface area contributed by atoms with Crippen LogP contribution in [0.5, 0.6) is 0 Å². The van der Waals surface area contributed by atoms with Gasteiger partial charge in [0.2, 0.25) is 0 Å². The predicted octanol–water partition coefficient (Wildman–Crippen LogP) is 2.98. The highest BCUT2D eigenvalue weighted by Crippen LogP contribution is 2.25. The minimum atomic E-state index is -1.17. The number of nitrogens with zero attached hydrogens (tertiary/aromatic N) is 2. The summed E-state index contributed by atoms with van der Waals surface area (Å²) in [6, 6.07) is 10.7. The minimum absolute atomic E-state index is 0.202. The first-order valence-corrected chi connectivity index (χ1v) is 8.11. The molecule has 0 spiro atoms. The minimum Gasteiger partial charge on any atom is -0.383 e.